The molecule has 4 nitrogen and oxygen atoms in total. The number of aryl methyl sites for hydroxylation is 1. The molecule has 5 heteroatoms. The summed E-state index contributed by atoms with van der Waals surface area (Å²) in [5.74, 6) is -0.510. The predicted molar refractivity (Wildman–Crippen MR) is 74.6 cm³/mol. The van der Waals surface area contributed by atoms with E-state index in [1.807, 2.05) is 19.1 Å². The fourth-order valence-corrected chi connectivity index (χ4v) is 1.55. The molecule has 0 spiro atoms. The Morgan fingerprint density at radius 2 is 1.63 bits per heavy atom. The number of hydrogen-bond acceptors (Lipinski definition) is 2. The normalized spacial score (nSPS) is 10.0. The minimum atomic E-state index is -0.510. The quantitative estimate of drug-likeness (QED) is 0.724. The first-order chi connectivity index (χ1) is 9.04. The Labute approximate surface area is 110 Å². The Balaban J connectivity index is 2.01. The van der Waals surface area contributed by atoms with E-state index in [0.29, 0.717) is 11.4 Å². The average molecular weight is 259 g/mol. The molecule has 4 N–H and O–H groups in total. The lowest BCUT2D eigenvalue weighted by molar-refractivity contribution is 0.262. The molecule has 0 saturated carbocycles. The van der Waals surface area contributed by atoms with Crippen LogP contribution in [0.2, 0.25) is 0 Å². The van der Waals surface area contributed by atoms with Gasteiger partial charge in [0, 0.05) is 11.4 Å². The first kappa shape index (κ1) is 12.9. The molecular weight excluding hydrogens is 245 g/mol. The second-order valence-corrected chi connectivity index (χ2v) is 4.18. The van der Waals surface area contributed by atoms with Crippen molar-refractivity contribution in [2.45, 2.75) is 6.92 Å². The lowest BCUT2D eigenvalue weighted by Crippen LogP contribution is -2.19. The number of halogens is 1. The number of carbonyl (C=O) groups is 1. The zero-order valence-corrected chi connectivity index (χ0v) is 10.4. The van der Waals surface area contributed by atoms with E-state index >= 15 is 0 Å². The van der Waals surface area contributed by atoms with Crippen molar-refractivity contribution in [2.24, 2.45) is 0 Å². The number of urea groups is 1. The van der Waals surface area contributed by atoms with Crippen LogP contribution in [0.25, 0.3) is 0 Å². The van der Waals surface area contributed by atoms with Gasteiger partial charge in [-0.15, -0.1) is 0 Å². The van der Waals surface area contributed by atoms with Crippen molar-refractivity contribution in [3.05, 3.63) is 53.8 Å². The minimum Gasteiger partial charge on any atom is -0.396 e. The summed E-state index contributed by atoms with van der Waals surface area (Å²) in [6.45, 7) is 1.96. The van der Waals surface area contributed by atoms with Gasteiger partial charge in [0.15, 0.2) is 0 Å². The molecule has 2 aromatic rings. The van der Waals surface area contributed by atoms with Crippen molar-refractivity contribution >= 4 is 23.1 Å². The summed E-state index contributed by atoms with van der Waals surface area (Å²) in [6, 6.07) is 11.0. The minimum absolute atomic E-state index is 0.00636. The zero-order chi connectivity index (χ0) is 13.8. The van der Waals surface area contributed by atoms with E-state index in [9.17, 15) is 9.18 Å². The van der Waals surface area contributed by atoms with Gasteiger partial charge in [-0.2, -0.15) is 0 Å². The number of amides is 2. The molecule has 98 valence electrons. The van der Waals surface area contributed by atoms with Crippen LogP contribution in [0.3, 0.4) is 0 Å². The highest BCUT2D eigenvalue weighted by molar-refractivity contribution is 5.99. The number of rotatable bonds is 2. The molecule has 0 radical (unpaired) electrons. The number of hydrogen-bond donors (Lipinski definition) is 3. The van der Waals surface area contributed by atoms with Crippen molar-refractivity contribution < 1.29 is 9.18 Å². The number of benzene rings is 2. The third-order valence-electron chi connectivity index (χ3n) is 2.56. The van der Waals surface area contributed by atoms with Gasteiger partial charge in [-0.25, -0.2) is 9.18 Å². The largest absolute Gasteiger partial charge is 0.396 e. The number of nitrogens with two attached hydrogens (primary N) is 1. The van der Waals surface area contributed by atoms with Crippen LogP contribution in [0.4, 0.5) is 26.2 Å². The Hall–Kier alpha value is -2.56. The summed E-state index contributed by atoms with van der Waals surface area (Å²) in [4.78, 5) is 11.7. The second-order valence-electron chi connectivity index (χ2n) is 4.18. The van der Waals surface area contributed by atoms with Crippen LogP contribution < -0.4 is 16.4 Å². The van der Waals surface area contributed by atoms with Gasteiger partial charge < -0.3 is 16.4 Å². The summed E-state index contributed by atoms with van der Waals surface area (Å²) in [5, 5.41) is 5.24. The molecule has 19 heavy (non-hydrogen) atoms. The van der Waals surface area contributed by atoms with Crippen molar-refractivity contribution in [3.63, 3.8) is 0 Å². The smallest absolute Gasteiger partial charge is 0.323 e. The van der Waals surface area contributed by atoms with E-state index in [-0.39, 0.29) is 5.69 Å². The monoisotopic (exact) mass is 259 g/mol. The zero-order valence-electron chi connectivity index (χ0n) is 10.4. The molecule has 2 rings (SSSR count). The lowest BCUT2D eigenvalue weighted by Gasteiger charge is -2.08. The Bertz CT molecular complexity index is 596. The molecule has 0 aliphatic heterocycles. The highest BCUT2D eigenvalue weighted by atomic mass is 19.1. The van der Waals surface area contributed by atoms with Gasteiger partial charge >= 0.3 is 6.03 Å². The first-order valence-corrected chi connectivity index (χ1v) is 5.74. The second kappa shape index (κ2) is 5.39. The molecule has 0 heterocycles. The van der Waals surface area contributed by atoms with E-state index in [1.54, 1.807) is 12.1 Å². The van der Waals surface area contributed by atoms with Gasteiger partial charge in [-0.3, -0.25) is 0 Å². The summed E-state index contributed by atoms with van der Waals surface area (Å²) in [7, 11) is 0. The van der Waals surface area contributed by atoms with Crippen LogP contribution in [0, 0.1) is 12.7 Å². The number of nitrogen functional groups attached to an aromatic ring is 1. The van der Waals surface area contributed by atoms with Crippen molar-refractivity contribution in [3.8, 4) is 0 Å². The van der Waals surface area contributed by atoms with Gasteiger partial charge in [0.05, 0.1) is 5.69 Å². The van der Waals surface area contributed by atoms with Crippen molar-refractivity contribution in [1.29, 1.82) is 0 Å². The van der Waals surface area contributed by atoms with E-state index in [1.165, 1.54) is 18.2 Å². The fraction of sp³-hybridized carbons (Fsp3) is 0.0714. The predicted octanol–water partition coefficient (Wildman–Crippen LogP) is 3.36. The van der Waals surface area contributed by atoms with Gasteiger partial charge in [-0.1, -0.05) is 17.7 Å². The molecule has 0 aliphatic rings. The molecule has 0 bridgehead atoms. The van der Waals surface area contributed by atoms with Gasteiger partial charge in [0.25, 0.3) is 0 Å². The maximum absolute atomic E-state index is 13.0. The van der Waals surface area contributed by atoms with Crippen LogP contribution in [0.1, 0.15) is 5.56 Å². The average Bonchev–Trinajstić information content (AvgIpc) is 2.37. The number of nitrogens with one attached hydrogen (secondary N) is 2. The van der Waals surface area contributed by atoms with Gasteiger partial charge in [0.1, 0.15) is 5.82 Å². The molecule has 2 amide bonds. The molecule has 0 atom stereocenters. The van der Waals surface area contributed by atoms with Crippen LogP contribution in [0.15, 0.2) is 42.5 Å². The van der Waals surface area contributed by atoms with Crippen LogP contribution in [-0.4, -0.2) is 6.03 Å². The SMILES string of the molecule is Cc1ccc(NC(=O)Nc2ccc(F)c(N)c2)cc1. The molecule has 0 aliphatic carbocycles. The first-order valence-electron chi connectivity index (χ1n) is 5.74. The summed E-state index contributed by atoms with van der Waals surface area (Å²) in [5.41, 5.74) is 7.63. The van der Waals surface area contributed by atoms with E-state index in [0.717, 1.165) is 5.56 Å². The van der Waals surface area contributed by atoms with Gasteiger partial charge in [-0.05, 0) is 37.3 Å². The van der Waals surface area contributed by atoms with Crippen LogP contribution in [-0.2, 0) is 0 Å². The maximum Gasteiger partial charge on any atom is 0.323 e. The maximum atomic E-state index is 13.0. The number of anilines is 3. The molecule has 0 unspecified atom stereocenters. The number of carbonyl (C=O) groups excluding carboxylic acids is 1. The summed E-state index contributed by atoms with van der Waals surface area (Å²) < 4.78 is 13.0. The molecule has 2 aromatic carbocycles. The molecule has 0 saturated heterocycles. The third-order valence-corrected chi connectivity index (χ3v) is 2.56. The standard InChI is InChI=1S/C14H14FN3O/c1-9-2-4-10(5-3-9)17-14(19)18-11-6-7-12(15)13(16)8-11/h2-8H,16H2,1H3,(H2,17,18,19). The summed E-state index contributed by atoms with van der Waals surface area (Å²) in [6.07, 6.45) is 0. The highest BCUT2D eigenvalue weighted by Crippen LogP contribution is 2.16. The molecule has 0 aromatic heterocycles. The molecular formula is C14H14FN3O. The Morgan fingerprint density at radius 1 is 1.05 bits per heavy atom. The fourth-order valence-electron chi connectivity index (χ4n) is 1.55. The van der Waals surface area contributed by atoms with Gasteiger partial charge in [0.2, 0.25) is 0 Å². The van der Waals surface area contributed by atoms with E-state index in [4.69, 9.17) is 5.73 Å². The van der Waals surface area contributed by atoms with Crippen molar-refractivity contribution in [2.75, 3.05) is 16.4 Å². The van der Waals surface area contributed by atoms with Crippen molar-refractivity contribution in [1.82, 2.24) is 0 Å². The van der Waals surface area contributed by atoms with E-state index < -0.39 is 11.8 Å². The lowest BCUT2D eigenvalue weighted by atomic mass is 10.2. The summed E-state index contributed by atoms with van der Waals surface area (Å²) >= 11 is 0. The van der Waals surface area contributed by atoms with Crippen LogP contribution in [0.5, 0.6) is 0 Å². The van der Waals surface area contributed by atoms with Crippen LogP contribution >= 0.6 is 0 Å². The topological polar surface area (TPSA) is 67.2 Å². The Kier molecular flexibility index (Phi) is 3.66. The highest BCUT2D eigenvalue weighted by Gasteiger charge is 2.04. The molecule has 0 fully saturated rings. The third kappa shape index (κ3) is 3.45. The Morgan fingerprint density at radius 3 is 2.26 bits per heavy atom. The van der Waals surface area contributed by atoms with E-state index in [2.05, 4.69) is 10.6 Å².